The van der Waals surface area contributed by atoms with Gasteiger partial charge in [-0.25, -0.2) is 0 Å². The third-order valence-corrected chi connectivity index (χ3v) is 12.6. The maximum Gasteiger partial charge on any atom is 0.309 e. The second kappa shape index (κ2) is 8.81. The van der Waals surface area contributed by atoms with Gasteiger partial charge in [0.15, 0.2) is 8.32 Å². The maximum atomic E-state index is 11.9. The molecule has 0 aromatic heterocycles. The number of fused-ring (bicyclic) bond motifs is 3. The first-order chi connectivity index (χ1) is 13.6. The highest BCUT2D eigenvalue weighted by molar-refractivity contribution is 6.74. The van der Waals surface area contributed by atoms with Gasteiger partial charge in [0.25, 0.3) is 0 Å². The fraction of sp³-hybridized carbons (Fsp3) is 0.870. The molecule has 0 saturated heterocycles. The summed E-state index contributed by atoms with van der Waals surface area (Å²) in [5.74, 6) is 2.00. The van der Waals surface area contributed by atoms with E-state index in [0.29, 0.717) is 43.0 Å². The van der Waals surface area contributed by atoms with Gasteiger partial charge in [-0.2, -0.15) is 0 Å². The van der Waals surface area contributed by atoms with E-state index in [1.165, 1.54) is 12.7 Å². The van der Waals surface area contributed by atoms with Gasteiger partial charge in [0.1, 0.15) is 6.79 Å². The van der Waals surface area contributed by atoms with Crippen LogP contribution in [0.1, 0.15) is 52.9 Å². The number of rotatable bonds is 7. The molecular weight excluding hydrogens is 384 g/mol. The molecule has 3 aliphatic rings. The smallest absolute Gasteiger partial charge is 0.309 e. The van der Waals surface area contributed by atoms with Crippen LogP contribution in [0.2, 0.25) is 18.1 Å². The highest BCUT2D eigenvalue weighted by Gasteiger charge is 2.53. The van der Waals surface area contributed by atoms with Gasteiger partial charge in [-0.15, -0.1) is 0 Å². The van der Waals surface area contributed by atoms with Crippen LogP contribution in [0.15, 0.2) is 11.6 Å². The molecule has 5 nitrogen and oxygen atoms in total. The van der Waals surface area contributed by atoms with E-state index in [0.717, 1.165) is 25.7 Å². The summed E-state index contributed by atoms with van der Waals surface area (Å²) >= 11 is 0. The predicted molar refractivity (Wildman–Crippen MR) is 116 cm³/mol. The molecular formula is C23H40O5Si. The Morgan fingerprint density at radius 2 is 1.79 bits per heavy atom. The number of ether oxygens (including phenoxy) is 3. The fourth-order valence-corrected chi connectivity index (χ4v) is 6.93. The lowest BCUT2D eigenvalue weighted by Crippen LogP contribution is -2.43. The molecule has 0 radical (unpaired) electrons. The van der Waals surface area contributed by atoms with E-state index >= 15 is 0 Å². The molecule has 3 rings (SSSR count). The predicted octanol–water partition coefficient (Wildman–Crippen LogP) is 4.92. The minimum absolute atomic E-state index is 0.140. The molecule has 0 unspecified atom stereocenters. The van der Waals surface area contributed by atoms with Crippen molar-refractivity contribution in [3.63, 3.8) is 0 Å². The van der Waals surface area contributed by atoms with Crippen molar-refractivity contribution in [3.05, 3.63) is 11.6 Å². The number of carbonyl (C=O) groups is 1. The van der Waals surface area contributed by atoms with Crippen molar-refractivity contribution in [2.45, 2.75) is 83.2 Å². The van der Waals surface area contributed by atoms with Gasteiger partial charge < -0.3 is 18.6 Å². The lowest BCUT2D eigenvalue weighted by molar-refractivity contribution is -0.140. The van der Waals surface area contributed by atoms with Gasteiger partial charge in [-0.05, 0) is 67.5 Å². The summed E-state index contributed by atoms with van der Waals surface area (Å²) in [6.45, 7) is 11.9. The molecule has 166 valence electrons. The summed E-state index contributed by atoms with van der Waals surface area (Å²) in [5.41, 5.74) is 1.25. The summed E-state index contributed by atoms with van der Waals surface area (Å²) in [5, 5.41) is 0.220. The van der Waals surface area contributed by atoms with Crippen LogP contribution in [-0.2, 0) is 23.4 Å². The highest BCUT2D eigenvalue weighted by Crippen LogP contribution is 2.56. The van der Waals surface area contributed by atoms with Crippen LogP contribution in [0.3, 0.4) is 0 Å². The van der Waals surface area contributed by atoms with E-state index in [1.807, 2.05) is 0 Å². The number of carbonyl (C=O) groups excluding carboxylic acids is 1. The number of hydrogen-bond acceptors (Lipinski definition) is 5. The molecule has 2 saturated carbocycles. The van der Waals surface area contributed by atoms with E-state index in [4.69, 9.17) is 18.6 Å². The minimum atomic E-state index is -1.80. The average molecular weight is 425 g/mol. The number of hydrogen-bond donors (Lipinski definition) is 0. The van der Waals surface area contributed by atoms with Crippen molar-refractivity contribution in [2.75, 3.05) is 21.0 Å². The number of methoxy groups -OCH3 is 2. The van der Waals surface area contributed by atoms with E-state index in [-0.39, 0.29) is 17.1 Å². The maximum absolute atomic E-state index is 11.9. The molecule has 2 fully saturated rings. The van der Waals surface area contributed by atoms with Crippen LogP contribution >= 0.6 is 0 Å². The molecule has 0 aliphatic heterocycles. The topological polar surface area (TPSA) is 54.0 Å². The van der Waals surface area contributed by atoms with Crippen molar-refractivity contribution in [3.8, 4) is 0 Å². The Labute approximate surface area is 177 Å². The zero-order chi connectivity index (χ0) is 21.4. The lowest BCUT2D eigenvalue weighted by Gasteiger charge is -2.42. The molecule has 0 amide bonds. The van der Waals surface area contributed by atoms with E-state index in [1.54, 1.807) is 7.11 Å². The molecule has 0 bridgehead atoms. The van der Waals surface area contributed by atoms with Gasteiger partial charge in [0.2, 0.25) is 0 Å². The van der Waals surface area contributed by atoms with Gasteiger partial charge >= 0.3 is 5.97 Å². The van der Waals surface area contributed by atoms with Crippen molar-refractivity contribution in [1.82, 2.24) is 0 Å². The Bertz CT molecular complexity index is 623. The quantitative estimate of drug-likeness (QED) is 0.251. The van der Waals surface area contributed by atoms with E-state index in [9.17, 15) is 4.79 Å². The van der Waals surface area contributed by atoms with Crippen molar-refractivity contribution in [2.24, 2.45) is 23.7 Å². The fourth-order valence-electron chi connectivity index (χ4n) is 5.55. The number of allylic oxidation sites excluding steroid dienone is 1. The van der Waals surface area contributed by atoms with Crippen molar-refractivity contribution >= 4 is 14.3 Å². The third-order valence-electron chi connectivity index (χ3n) is 8.02. The molecule has 0 spiro atoms. The van der Waals surface area contributed by atoms with Crippen molar-refractivity contribution in [1.29, 1.82) is 0 Å². The number of esters is 1. The molecule has 0 aromatic rings. The molecule has 29 heavy (non-hydrogen) atoms. The van der Waals surface area contributed by atoms with Crippen LogP contribution in [-0.4, -0.2) is 47.5 Å². The second-order valence-electron chi connectivity index (χ2n) is 10.7. The standard InChI is InChI=1S/C23H40O5Si/c1-23(2,3)29(6,7)28-16-11-19-17-9-8-15(10-22(24)26-5)18(17)13-21(20(19)12-16)27-14-25-4/h8,16-21H,9-14H2,1-7H3/t16-,17+,18-,19-,20-,21-/m0/s1. The lowest BCUT2D eigenvalue weighted by atomic mass is 9.66. The summed E-state index contributed by atoms with van der Waals surface area (Å²) in [4.78, 5) is 11.9. The second-order valence-corrected chi connectivity index (χ2v) is 15.4. The third kappa shape index (κ3) is 4.81. The van der Waals surface area contributed by atoms with E-state index < -0.39 is 8.32 Å². The van der Waals surface area contributed by atoms with Crippen LogP contribution in [0.4, 0.5) is 0 Å². The molecule has 0 N–H and O–H groups in total. The molecule has 0 heterocycles. The average Bonchev–Trinajstić information content (AvgIpc) is 3.22. The van der Waals surface area contributed by atoms with Crippen LogP contribution < -0.4 is 0 Å². The Kier molecular flexibility index (Phi) is 6.98. The van der Waals surface area contributed by atoms with Crippen LogP contribution in [0.25, 0.3) is 0 Å². The van der Waals surface area contributed by atoms with E-state index in [2.05, 4.69) is 39.9 Å². The first kappa shape index (κ1) is 23.0. The first-order valence-electron chi connectivity index (χ1n) is 11.1. The van der Waals surface area contributed by atoms with Crippen LogP contribution in [0.5, 0.6) is 0 Å². The molecule has 6 heteroatoms. The van der Waals surface area contributed by atoms with Crippen molar-refractivity contribution < 1.29 is 23.4 Å². The molecule has 0 aromatic carbocycles. The molecule has 6 atom stereocenters. The Morgan fingerprint density at radius 1 is 1.10 bits per heavy atom. The largest absolute Gasteiger partial charge is 0.469 e. The van der Waals surface area contributed by atoms with Crippen LogP contribution in [0, 0.1) is 23.7 Å². The zero-order valence-electron chi connectivity index (χ0n) is 19.3. The summed E-state index contributed by atoms with van der Waals surface area (Å²) in [7, 11) is 1.35. The SMILES string of the molecule is COCO[C@H]1C[C@H]2C(CC(=O)OC)=CC[C@H]2[C@@H]2C[C@H](O[Si](C)(C)C(C)(C)C)C[C@@H]21. The summed E-state index contributed by atoms with van der Waals surface area (Å²) < 4.78 is 23.2. The Hall–Kier alpha value is -0.693. The van der Waals surface area contributed by atoms with Gasteiger partial charge in [-0.1, -0.05) is 32.4 Å². The Morgan fingerprint density at radius 3 is 2.41 bits per heavy atom. The summed E-state index contributed by atoms with van der Waals surface area (Å²) in [6.07, 6.45) is 7.45. The van der Waals surface area contributed by atoms with Gasteiger partial charge in [0.05, 0.1) is 19.6 Å². The van der Waals surface area contributed by atoms with Gasteiger partial charge in [0, 0.05) is 13.2 Å². The Balaban J connectivity index is 1.75. The normalized spacial score (nSPS) is 34.5. The molecule has 3 aliphatic carbocycles. The van der Waals surface area contributed by atoms with Gasteiger partial charge in [-0.3, -0.25) is 4.79 Å². The minimum Gasteiger partial charge on any atom is -0.469 e. The first-order valence-corrected chi connectivity index (χ1v) is 14.0. The zero-order valence-corrected chi connectivity index (χ0v) is 20.3. The summed E-state index contributed by atoms with van der Waals surface area (Å²) in [6, 6.07) is 0. The monoisotopic (exact) mass is 424 g/mol. The highest BCUT2D eigenvalue weighted by atomic mass is 28.4.